The van der Waals surface area contributed by atoms with Gasteiger partial charge in [0.2, 0.25) is 10.0 Å². The quantitative estimate of drug-likeness (QED) is 0.853. The molecule has 0 radical (unpaired) electrons. The van der Waals surface area contributed by atoms with Crippen molar-refractivity contribution < 1.29 is 8.42 Å². The molecule has 0 aliphatic heterocycles. The van der Waals surface area contributed by atoms with E-state index in [1.165, 1.54) is 23.5 Å². The third-order valence-electron chi connectivity index (χ3n) is 3.41. The molecule has 1 aromatic heterocycles. The zero-order chi connectivity index (χ0) is 13.2. The Kier molecular flexibility index (Phi) is 4.13. The molecule has 1 aromatic rings. The van der Waals surface area contributed by atoms with Crippen LogP contribution in [-0.2, 0) is 17.1 Å². The van der Waals surface area contributed by atoms with E-state index in [9.17, 15) is 8.42 Å². The van der Waals surface area contributed by atoms with Crippen LogP contribution in [0.1, 0.15) is 32.1 Å². The SMILES string of the molecule is Cn1cc(S(=O)(=O)NC2(CBr)CCCCC2)cn1. The van der Waals surface area contributed by atoms with Crippen LogP contribution in [0, 0.1) is 0 Å². The van der Waals surface area contributed by atoms with E-state index < -0.39 is 10.0 Å². The molecule has 5 nitrogen and oxygen atoms in total. The fourth-order valence-electron chi connectivity index (χ4n) is 2.37. The highest BCUT2D eigenvalue weighted by Gasteiger charge is 2.35. The van der Waals surface area contributed by atoms with Crippen molar-refractivity contribution >= 4 is 26.0 Å². The highest BCUT2D eigenvalue weighted by atomic mass is 79.9. The molecule has 1 N–H and O–H groups in total. The first-order valence-corrected chi connectivity index (χ1v) is 8.67. The second-order valence-electron chi connectivity index (χ2n) is 4.93. The highest BCUT2D eigenvalue weighted by molar-refractivity contribution is 9.09. The van der Waals surface area contributed by atoms with Crippen molar-refractivity contribution in [1.29, 1.82) is 0 Å². The molecule has 0 bridgehead atoms. The van der Waals surface area contributed by atoms with E-state index in [1.54, 1.807) is 7.05 Å². The van der Waals surface area contributed by atoms with Crippen molar-refractivity contribution in [3.05, 3.63) is 12.4 Å². The summed E-state index contributed by atoms with van der Waals surface area (Å²) < 4.78 is 28.9. The summed E-state index contributed by atoms with van der Waals surface area (Å²) in [6.45, 7) is 0. The Hall–Kier alpha value is -0.400. The number of aryl methyl sites for hydroxylation is 1. The van der Waals surface area contributed by atoms with Crippen molar-refractivity contribution in [3.8, 4) is 0 Å². The topological polar surface area (TPSA) is 64.0 Å². The first-order valence-electron chi connectivity index (χ1n) is 6.06. The van der Waals surface area contributed by atoms with E-state index >= 15 is 0 Å². The molecule has 2 rings (SSSR count). The predicted molar refractivity (Wildman–Crippen MR) is 73.1 cm³/mol. The number of rotatable bonds is 4. The van der Waals surface area contributed by atoms with Gasteiger partial charge in [0.05, 0.1) is 6.20 Å². The van der Waals surface area contributed by atoms with Gasteiger partial charge in [0, 0.05) is 24.1 Å². The summed E-state index contributed by atoms with van der Waals surface area (Å²) in [5, 5.41) is 4.56. The van der Waals surface area contributed by atoms with Gasteiger partial charge in [-0.1, -0.05) is 35.2 Å². The minimum atomic E-state index is -3.47. The molecule has 0 spiro atoms. The Morgan fingerprint density at radius 2 is 2.11 bits per heavy atom. The summed E-state index contributed by atoms with van der Waals surface area (Å²) in [6.07, 6.45) is 8.00. The van der Waals surface area contributed by atoms with Gasteiger partial charge in [0.15, 0.2) is 0 Å². The second-order valence-corrected chi connectivity index (χ2v) is 7.17. The molecule has 7 heteroatoms. The number of hydrogen-bond acceptors (Lipinski definition) is 3. The number of nitrogens with one attached hydrogen (secondary N) is 1. The minimum Gasteiger partial charge on any atom is -0.274 e. The highest BCUT2D eigenvalue weighted by Crippen LogP contribution is 2.31. The van der Waals surface area contributed by atoms with Gasteiger partial charge in [-0.3, -0.25) is 4.68 Å². The third-order valence-corrected chi connectivity index (χ3v) is 6.02. The van der Waals surface area contributed by atoms with Gasteiger partial charge in [-0.05, 0) is 12.8 Å². The Balaban J connectivity index is 2.21. The number of aromatic nitrogens is 2. The van der Waals surface area contributed by atoms with Crippen LogP contribution in [0.15, 0.2) is 17.3 Å². The van der Waals surface area contributed by atoms with Crippen LogP contribution < -0.4 is 4.72 Å². The van der Waals surface area contributed by atoms with E-state index in [-0.39, 0.29) is 10.4 Å². The van der Waals surface area contributed by atoms with Gasteiger partial charge >= 0.3 is 0 Å². The normalized spacial score (nSPS) is 19.9. The van der Waals surface area contributed by atoms with E-state index in [1.807, 2.05) is 0 Å². The molecule has 0 saturated heterocycles. The Bertz CT molecular complexity index is 506. The van der Waals surface area contributed by atoms with E-state index in [0.29, 0.717) is 5.33 Å². The average molecular weight is 336 g/mol. The molecule has 1 saturated carbocycles. The Morgan fingerprint density at radius 1 is 1.44 bits per heavy atom. The smallest absolute Gasteiger partial charge is 0.244 e. The number of nitrogens with zero attached hydrogens (tertiary/aromatic N) is 2. The predicted octanol–water partition coefficient (Wildman–Crippen LogP) is 1.80. The number of halogens is 1. The number of alkyl halides is 1. The maximum atomic E-state index is 12.3. The maximum absolute atomic E-state index is 12.3. The maximum Gasteiger partial charge on any atom is 0.244 e. The molecular formula is C11H18BrN3O2S. The first-order chi connectivity index (χ1) is 8.47. The lowest BCUT2D eigenvalue weighted by molar-refractivity contribution is 0.301. The van der Waals surface area contributed by atoms with E-state index in [4.69, 9.17) is 0 Å². The lowest BCUT2D eigenvalue weighted by atomic mass is 9.84. The molecule has 0 amide bonds. The van der Waals surface area contributed by atoms with Crippen LogP contribution in [0.3, 0.4) is 0 Å². The summed E-state index contributed by atoms with van der Waals surface area (Å²) in [6, 6.07) is 0. The van der Waals surface area contributed by atoms with Crippen LogP contribution in [-0.4, -0.2) is 29.1 Å². The second kappa shape index (κ2) is 5.30. The zero-order valence-electron chi connectivity index (χ0n) is 10.4. The summed E-state index contributed by atoms with van der Waals surface area (Å²) in [7, 11) is -1.76. The van der Waals surface area contributed by atoms with Crippen LogP contribution in [0.5, 0.6) is 0 Å². The van der Waals surface area contributed by atoms with Crippen molar-refractivity contribution in [3.63, 3.8) is 0 Å². The third kappa shape index (κ3) is 2.95. The van der Waals surface area contributed by atoms with Gasteiger partial charge < -0.3 is 0 Å². The summed E-state index contributed by atoms with van der Waals surface area (Å²) >= 11 is 3.45. The van der Waals surface area contributed by atoms with Gasteiger partial charge in [0.1, 0.15) is 4.90 Å². The number of hydrogen-bond donors (Lipinski definition) is 1. The van der Waals surface area contributed by atoms with Crippen molar-refractivity contribution in [2.75, 3.05) is 5.33 Å². The summed E-state index contributed by atoms with van der Waals surface area (Å²) in [5.74, 6) is 0. The van der Waals surface area contributed by atoms with Crippen LogP contribution in [0.25, 0.3) is 0 Å². The molecular weight excluding hydrogens is 318 g/mol. The summed E-state index contributed by atoms with van der Waals surface area (Å²) in [4.78, 5) is 0.232. The van der Waals surface area contributed by atoms with Crippen molar-refractivity contribution in [2.24, 2.45) is 7.05 Å². The molecule has 0 unspecified atom stereocenters. The fraction of sp³-hybridized carbons (Fsp3) is 0.727. The monoisotopic (exact) mass is 335 g/mol. The van der Waals surface area contributed by atoms with Gasteiger partial charge in [-0.2, -0.15) is 5.10 Å². The first kappa shape index (κ1) is 14.0. The van der Waals surface area contributed by atoms with Crippen LogP contribution in [0.2, 0.25) is 0 Å². The lowest BCUT2D eigenvalue weighted by Crippen LogP contribution is -2.50. The number of sulfonamides is 1. The molecule has 1 fully saturated rings. The molecule has 1 heterocycles. The molecule has 0 atom stereocenters. The largest absolute Gasteiger partial charge is 0.274 e. The van der Waals surface area contributed by atoms with E-state index in [0.717, 1.165) is 25.7 Å². The van der Waals surface area contributed by atoms with Gasteiger partial charge in [0.25, 0.3) is 0 Å². The minimum absolute atomic E-state index is 0.232. The fourth-order valence-corrected chi connectivity index (χ4v) is 4.70. The summed E-state index contributed by atoms with van der Waals surface area (Å²) in [5.41, 5.74) is -0.340. The van der Waals surface area contributed by atoms with Gasteiger partial charge in [-0.25, -0.2) is 13.1 Å². The molecule has 1 aliphatic rings. The van der Waals surface area contributed by atoms with Gasteiger partial charge in [-0.15, -0.1) is 0 Å². The van der Waals surface area contributed by atoms with Crippen LogP contribution >= 0.6 is 15.9 Å². The zero-order valence-corrected chi connectivity index (χ0v) is 12.8. The standard InChI is InChI=1S/C11H18BrN3O2S/c1-15-8-10(7-13-15)18(16,17)14-11(9-12)5-3-2-4-6-11/h7-8,14H,2-6,9H2,1H3. The lowest BCUT2D eigenvalue weighted by Gasteiger charge is -2.36. The molecule has 18 heavy (non-hydrogen) atoms. The average Bonchev–Trinajstić information content (AvgIpc) is 2.77. The molecule has 102 valence electrons. The Labute approximate surface area is 116 Å². The van der Waals surface area contributed by atoms with E-state index in [2.05, 4.69) is 25.8 Å². The Morgan fingerprint density at radius 3 is 2.61 bits per heavy atom. The van der Waals surface area contributed by atoms with Crippen LogP contribution in [0.4, 0.5) is 0 Å². The molecule has 1 aliphatic carbocycles. The van der Waals surface area contributed by atoms with Crippen molar-refractivity contribution in [1.82, 2.24) is 14.5 Å². The van der Waals surface area contributed by atoms with Crippen molar-refractivity contribution in [2.45, 2.75) is 42.5 Å². The molecule has 0 aromatic carbocycles.